The molecule has 70 valence electrons. The van der Waals surface area contributed by atoms with Gasteiger partial charge in [-0.1, -0.05) is 28.9 Å². The number of hydrogen-bond donors (Lipinski definition) is 0. The summed E-state index contributed by atoms with van der Waals surface area (Å²) in [5, 5.41) is 4.75. The van der Waals surface area contributed by atoms with Crippen LogP contribution in [0.25, 0.3) is 0 Å². The van der Waals surface area contributed by atoms with Crippen LogP contribution in [0.1, 0.15) is 26.2 Å². The van der Waals surface area contributed by atoms with Crippen LogP contribution in [-0.2, 0) is 4.84 Å². The quantitative estimate of drug-likeness (QED) is 0.633. The summed E-state index contributed by atoms with van der Waals surface area (Å²) in [7, 11) is 0. The van der Waals surface area contributed by atoms with Crippen molar-refractivity contribution in [3.05, 3.63) is 22.8 Å². The maximum Gasteiger partial charge on any atom is 0.159 e. The van der Waals surface area contributed by atoms with Crippen LogP contribution in [0.5, 0.6) is 0 Å². The first-order valence-corrected chi connectivity index (χ1v) is 4.90. The lowest BCUT2D eigenvalue weighted by atomic mass is 9.99. The molecule has 0 aromatic heterocycles. The SMILES string of the molecule is CC1=NO[C@@H](C2=CCCC=C2Cl)C1. The van der Waals surface area contributed by atoms with Gasteiger partial charge in [0.1, 0.15) is 0 Å². The van der Waals surface area contributed by atoms with Gasteiger partial charge in [0.25, 0.3) is 0 Å². The second-order valence-corrected chi connectivity index (χ2v) is 3.82. The maximum absolute atomic E-state index is 6.07. The molecule has 0 aromatic carbocycles. The van der Waals surface area contributed by atoms with Gasteiger partial charge >= 0.3 is 0 Å². The molecule has 0 N–H and O–H groups in total. The third-order valence-electron chi connectivity index (χ3n) is 2.29. The molecule has 0 bridgehead atoms. The highest BCUT2D eigenvalue weighted by molar-refractivity contribution is 6.32. The van der Waals surface area contributed by atoms with Crippen molar-refractivity contribution in [2.24, 2.45) is 5.16 Å². The highest BCUT2D eigenvalue weighted by Crippen LogP contribution is 2.30. The van der Waals surface area contributed by atoms with Crippen LogP contribution in [0.4, 0.5) is 0 Å². The van der Waals surface area contributed by atoms with Crippen molar-refractivity contribution in [3.63, 3.8) is 0 Å². The molecule has 13 heavy (non-hydrogen) atoms. The summed E-state index contributed by atoms with van der Waals surface area (Å²) in [4.78, 5) is 5.27. The molecule has 0 saturated heterocycles. The van der Waals surface area contributed by atoms with Crippen molar-refractivity contribution in [2.75, 3.05) is 0 Å². The summed E-state index contributed by atoms with van der Waals surface area (Å²) in [6.07, 6.45) is 7.23. The Bertz CT molecular complexity index is 304. The third kappa shape index (κ3) is 1.78. The fourth-order valence-electron chi connectivity index (χ4n) is 1.61. The van der Waals surface area contributed by atoms with Crippen LogP contribution >= 0.6 is 11.6 Å². The molecule has 1 aliphatic carbocycles. The molecule has 2 nitrogen and oxygen atoms in total. The summed E-state index contributed by atoms with van der Waals surface area (Å²) in [5.41, 5.74) is 2.15. The van der Waals surface area contributed by atoms with E-state index in [1.54, 1.807) is 0 Å². The van der Waals surface area contributed by atoms with Crippen molar-refractivity contribution in [1.29, 1.82) is 0 Å². The molecule has 0 saturated carbocycles. The van der Waals surface area contributed by atoms with Gasteiger partial charge in [0.2, 0.25) is 0 Å². The molecule has 0 aromatic rings. The van der Waals surface area contributed by atoms with E-state index in [4.69, 9.17) is 16.4 Å². The molecule has 0 spiro atoms. The van der Waals surface area contributed by atoms with Gasteiger partial charge in [0.15, 0.2) is 6.10 Å². The van der Waals surface area contributed by atoms with E-state index in [9.17, 15) is 0 Å². The Balaban J connectivity index is 2.10. The Kier molecular flexibility index (Phi) is 2.40. The molecule has 0 unspecified atom stereocenters. The summed E-state index contributed by atoms with van der Waals surface area (Å²) in [5.74, 6) is 0. The Hall–Kier alpha value is -0.760. The molecule has 1 atom stereocenters. The highest BCUT2D eigenvalue weighted by atomic mass is 35.5. The van der Waals surface area contributed by atoms with E-state index >= 15 is 0 Å². The largest absolute Gasteiger partial charge is 0.387 e. The van der Waals surface area contributed by atoms with E-state index in [2.05, 4.69) is 11.2 Å². The molecular formula is C10H12ClNO. The lowest BCUT2D eigenvalue weighted by Gasteiger charge is -2.15. The second kappa shape index (κ2) is 3.54. The average molecular weight is 198 g/mol. The number of nitrogens with zero attached hydrogens (tertiary/aromatic N) is 1. The molecule has 0 amide bonds. The van der Waals surface area contributed by atoms with E-state index in [-0.39, 0.29) is 6.10 Å². The fraction of sp³-hybridized carbons (Fsp3) is 0.500. The number of oxime groups is 1. The molecular weight excluding hydrogens is 186 g/mol. The number of allylic oxidation sites excluding steroid dienone is 2. The zero-order valence-electron chi connectivity index (χ0n) is 7.59. The second-order valence-electron chi connectivity index (χ2n) is 3.41. The van der Waals surface area contributed by atoms with Gasteiger partial charge in [-0.25, -0.2) is 0 Å². The lowest BCUT2D eigenvalue weighted by Crippen LogP contribution is -2.12. The van der Waals surface area contributed by atoms with Gasteiger partial charge in [-0.05, 0) is 19.8 Å². The molecule has 1 aliphatic heterocycles. The zero-order valence-corrected chi connectivity index (χ0v) is 8.34. The molecule has 2 rings (SSSR count). The Morgan fingerprint density at radius 3 is 2.85 bits per heavy atom. The summed E-state index contributed by atoms with van der Waals surface area (Å²) >= 11 is 6.07. The maximum atomic E-state index is 6.07. The van der Waals surface area contributed by atoms with E-state index < -0.39 is 0 Å². The minimum atomic E-state index is 0.0593. The molecule has 0 radical (unpaired) electrons. The van der Waals surface area contributed by atoms with Gasteiger partial charge in [0, 0.05) is 17.0 Å². The average Bonchev–Trinajstić information content (AvgIpc) is 2.53. The van der Waals surface area contributed by atoms with Crippen molar-refractivity contribution in [2.45, 2.75) is 32.3 Å². The fourth-order valence-corrected chi connectivity index (χ4v) is 1.92. The molecule has 1 heterocycles. The van der Waals surface area contributed by atoms with E-state index in [0.29, 0.717) is 0 Å². The Morgan fingerprint density at radius 1 is 1.46 bits per heavy atom. The number of hydrogen-bond acceptors (Lipinski definition) is 2. The van der Waals surface area contributed by atoms with Gasteiger partial charge < -0.3 is 4.84 Å². The van der Waals surface area contributed by atoms with Gasteiger partial charge in [0.05, 0.1) is 5.71 Å². The van der Waals surface area contributed by atoms with Crippen LogP contribution in [0.15, 0.2) is 27.9 Å². The zero-order chi connectivity index (χ0) is 9.26. The molecule has 3 heteroatoms. The van der Waals surface area contributed by atoms with E-state index in [1.807, 2.05) is 13.0 Å². The number of rotatable bonds is 1. The monoisotopic (exact) mass is 197 g/mol. The summed E-state index contributed by atoms with van der Waals surface area (Å²) in [6.45, 7) is 1.97. The predicted molar refractivity (Wildman–Crippen MR) is 53.9 cm³/mol. The Labute approximate surface area is 82.9 Å². The van der Waals surface area contributed by atoms with Crippen molar-refractivity contribution < 1.29 is 4.84 Å². The normalized spacial score (nSPS) is 27.5. The summed E-state index contributed by atoms with van der Waals surface area (Å²) in [6, 6.07) is 0. The van der Waals surface area contributed by atoms with Gasteiger partial charge in [-0.2, -0.15) is 0 Å². The van der Waals surface area contributed by atoms with Crippen LogP contribution in [0.2, 0.25) is 0 Å². The number of halogens is 1. The molecule has 0 fully saturated rings. The lowest BCUT2D eigenvalue weighted by molar-refractivity contribution is 0.113. The van der Waals surface area contributed by atoms with Crippen molar-refractivity contribution in [1.82, 2.24) is 0 Å². The van der Waals surface area contributed by atoms with Crippen LogP contribution < -0.4 is 0 Å². The van der Waals surface area contributed by atoms with Crippen LogP contribution in [0.3, 0.4) is 0 Å². The minimum absolute atomic E-state index is 0.0593. The summed E-state index contributed by atoms with van der Waals surface area (Å²) < 4.78 is 0. The first-order chi connectivity index (χ1) is 6.27. The van der Waals surface area contributed by atoms with Gasteiger partial charge in [-0.15, -0.1) is 0 Å². The third-order valence-corrected chi connectivity index (χ3v) is 2.67. The van der Waals surface area contributed by atoms with Crippen molar-refractivity contribution >= 4 is 17.3 Å². The first-order valence-electron chi connectivity index (χ1n) is 4.53. The van der Waals surface area contributed by atoms with Gasteiger partial charge in [-0.3, -0.25) is 0 Å². The Morgan fingerprint density at radius 2 is 2.23 bits per heavy atom. The van der Waals surface area contributed by atoms with Crippen molar-refractivity contribution in [3.8, 4) is 0 Å². The van der Waals surface area contributed by atoms with E-state index in [0.717, 1.165) is 35.6 Å². The minimum Gasteiger partial charge on any atom is -0.387 e. The molecule has 2 aliphatic rings. The van der Waals surface area contributed by atoms with Crippen LogP contribution in [0, 0.1) is 0 Å². The standard InChI is InChI=1S/C10H12ClNO/c1-7-6-10(13-12-7)8-4-2-3-5-9(8)11/h4-5,10H,2-3,6H2,1H3/t10-/m1/s1. The smallest absolute Gasteiger partial charge is 0.159 e. The highest BCUT2D eigenvalue weighted by Gasteiger charge is 2.24. The topological polar surface area (TPSA) is 21.6 Å². The van der Waals surface area contributed by atoms with Crippen LogP contribution in [-0.4, -0.2) is 11.8 Å². The predicted octanol–water partition coefficient (Wildman–Crippen LogP) is 2.99. The first kappa shape index (κ1) is 8.82. The van der Waals surface area contributed by atoms with E-state index in [1.165, 1.54) is 0 Å².